The van der Waals surface area contributed by atoms with Crippen LogP contribution in [0.3, 0.4) is 0 Å². The fraction of sp³-hybridized carbons (Fsp3) is 0.263. The second kappa shape index (κ2) is 7.97. The molecule has 0 saturated carbocycles. The van der Waals surface area contributed by atoms with E-state index in [9.17, 15) is 9.50 Å². The number of benzene rings is 2. The van der Waals surface area contributed by atoms with Gasteiger partial charge in [-0.3, -0.25) is 0 Å². The molecule has 26 heavy (non-hydrogen) atoms. The second-order valence-corrected chi connectivity index (χ2v) is 5.62. The minimum atomic E-state index is -0.920. The van der Waals surface area contributed by atoms with Crippen molar-refractivity contribution in [1.82, 2.24) is 14.8 Å². The van der Waals surface area contributed by atoms with Gasteiger partial charge in [-0.05, 0) is 36.8 Å². The molecule has 7 heteroatoms. The topological polar surface area (TPSA) is 69.4 Å². The fourth-order valence-electron chi connectivity index (χ4n) is 2.54. The van der Waals surface area contributed by atoms with Crippen molar-refractivity contribution in [3.05, 3.63) is 71.6 Å². The van der Waals surface area contributed by atoms with E-state index in [1.54, 1.807) is 48.2 Å². The third-order valence-electron chi connectivity index (χ3n) is 3.88. The fourth-order valence-corrected chi connectivity index (χ4v) is 2.54. The van der Waals surface area contributed by atoms with E-state index in [0.717, 1.165) is 0 Å². The van der Waals surface area contributed by atoms with Gasteiger partial charge in [-0.1, -0.05) is 18.2 Å². The van der Waals surface area contributed by atoms with Crippen LogP contribution in [0.2, 0.25) is 0 Å². The zero-order chi connectivity index (χ0) is 18.5. The van der Waals surface area contributed by atoms with Crippen LogP contribution in [0, 0.1) is 5.82 Å². The molecule has 3 aromatic rings. The number of aliphatic hydroxyl groups excluding tert-OH is 1. The smallest absolute Gasteiger partial charge is 0.188 e. The minimum Gasteiger partial charge on any atom is -0.497 e. The number of aromatic nitrogens is 3. The van der Waals surface area contributed by atoms with Crippen LogP contribution in [0.5, 0.6) is 11.5 Å². The summed E-state index contributed by atoms with van der Waals surface area (Å²) >= 11 is 0. The molecule has 0 bridgehead atoms. The second-order valence-electron chi connectivity index (χ2n) is 5.62. The molecule has 0 aliphatic heterocycles. The van der Waals surface area contributed by atoms with E-state index >= 15 is 0 Å². The maximum absolute atomic E-state index is 13.2. The van der Waals surface area contributed by atoms with Crippen LogP contribution in [0.25, 0.3) is 0 Å². The molecule has 1 N–H and O–H groups in total. The van der Waals surface area contributed by atoms with Gasteiger partial charge in [-0.2, -0.15) is 5.10 Å². The van der Waals surface area contributed by atoms with Crippen LogP contribution < -0.4 is 9.47 Å². The first-order valence-electron chi connectivity index (χ1n) is 8.24. The van der Waals surface area contributed by atoms with Crippen molar-refractivity contribution in [3.63, 3.8) is 0 Å². The molecule has 0 radical (unpaired) electrons. The number of methoxy groups -OCH3 is 1. The first-order chi connectivity index (χ1) is 12.6. The van der Waals surface area contributed by atoms with Crippen molar-refractivity contribution >= 4 is 0 Å². The van der Waals surface area contributed by atoms with Crippen molar-refractivity contribution in [2.45, 2.75) is 26.2 Å². The molecule has 6 nitrogen and oxygen atoms in total. The van der Waals surface area contributed by atoms with Crippen molar-refractivity contribution < 1.29 is 19.0 Å². The molecule has 3 rings (SSSR count). The van der Waals surface area contributed by atoms with Gasteiger partial charge in [0.1, 0.15) is 30.0 Å². The minimum absolute atomic E-state index is 0.0821. The molecule has 1 atom stereocenters. The summed E-state index contributed by atoms with van der Waals surface area (Å²) < 4.78 is 25.5. The summed E-state index contributed by atoms with van der Waals surface area (Å²) in [4.78, 5) is 4.39. The van der Waals surface area contributed by atoms with E-state index in [2.05, 4.69) is 10.1 Å². The van der Waals surface area contributed by atoms with Gasteiger partial charge in [-0.15, -0.1) is 0 Å². The van der Waals surface area contributed by atoms with Crippen LogP contribution in [0.4, 0.5) is 4.39 Å². The summed E-state index contributed by atoms with van der Waals surface area (Å²) in [6.45, 7) is 2.55. The molecule has 2 aromatic carbocycles. The quantitative estimate of drug-likeness (QED) is 0.704. The van der Waals surface area contributed by atoms with Gasteiger partial charge in [0.15, 0.2) is 11.6 Å². The number of ether oxygens (including phenoxy) is 2. The molecule has 0 amide bonds. The number of hydrogen-bond donors (Lipinski definition) is 1. The largest absolute Gasteiger partial charge is 0.497 e. The summed E-state index contributed by atoms with van der Waals surface area (Å²) in [7, 11) is 1.59. The lowest BCUT2D eigenvalue weighted by atomic mass is 10.1. The number of aryl methyl sites for hydroxylation is 1. The Hall–Kier alpha value is -2.93. The Labute approximate surface area is 150 Å². The predicted molar refractivity (Wildman–Crippen MR) is 93.5 cm³/mol. The third kappa shape index (κ3) is 4.00. The number of aliphatic hydroxyl groups is 1. The molecule has 0 spiro atoms. The Balaban J connectivity index is 1.77. The first kappa shape index (κ1) is 17.9. The lowest BCUT2D eigenvalue weighted by Gasteiger charge is -2.11. The average molecular weight is 357 g/mol. The van der Waals surface area contributed by atoms with Gasteiger partial charge < -0.3 is 14.6 Å². The summed E-state index contributed by atoms with van der Waals surface area (Å²) in [6.07, 6.45) is -0.920. The van der Waals surface area contributed by atoms with E-state index in [1.807, 2.05) is 6.92 Å². The third-order valence-corrected chi connectivity index (χ3v) is 3.88. The summed E-state index contributed by atoms with van der Waals surface area (Å²) in [5.41, 5.74) is 0.686. The van der Waals surface area contributed by atoms with Crippen molar-refractivity contribution in [3.8, 4) is 11.5 Å². The van der Waals surface area contributed by atoms with Crippen LogP contribution in [-0.4, -0.2) is 27.0 Å². The Bertz CT molecular complexity index is 865. The molecule has 1 unspecified atom stereocenters. The molecule has 0 aliphatic rings. The van der Waals surface area contributed by atoms with Crippen LogP contribution in [0.15, 0.2) is 48.5 Å². The van der Waals surface area contributed by atoms with Gasteiger partial charge in [0.25, 0.3) is 0 Å². The van der Waals surface area contributed by atoms with E-state index in [1.165, 1.54) is 12.1 Å². The first-order valence-corrected chi connectivity index (χ1v) is 8.24. The maximum Gasteiger partial charge on any atom is 0.188 e. The van der Waals surface area contributed by atoms with Crippen molar-refractivity contribution in [1.29, 1.82) is 0 Å². The lowest BCUT2D eigenvalue weighted by Crippen LogP contribution is -2.10. The normalized spacial score (nSPS) is 12.0. The number of rotatable bonds is 7. The molecule has 136 valence electrons. The summed E-state index contributed by atoms with van der Waals surface area (Å²) in [5, 5.41) is 15.0. The van der Waals surface area contributed by atoms with E-state index in [4.69, 9.17) is 9.47 Å². The Morgan fingerprint density at radius 3 is 2.58 bits per heavy atom. The molecule has 1 heterocycles. The SMILES string of the molecule is CCn1nc(COc2cccc(F)c2)nc1C(O)c1ccc(OC)cc1. The highest BCUT2D eigenvalue weighted by Gasteiger charge is 2.19. The van der Waals surface area contributed by atoms with E-state index in [-0.39, 0.29) is 12.4 Å². The zero-order valence-electron chi connectivity index (χ0n) is 14.6. The molecule has 0 fully saturated rings. The Kier molecular flexibility index (Phi) is 5.48. The standard InChI is InChI=1S/C19H20FN3O3/c1-3-23-19(18(24)13-7-9-15(25-2)10-8-13)21-17(22-23)12-26-16-6-4-5-14(20)11-16/h4-11,18,24H,3,12H2,1-2H3. The Morgan fingerprint density at radius 2 is 1.92 bits per heavy atom. The summed E-state index contributed by atoms with van der Waals surface area (Å²) in [5.74, 6) is 1.58. The Morgan fingerprint density at radius 1 is 1.15 bits per heavy atom. The number of nitrogens with zero attached hydrogens (tertiary/aromatic N) is 3. The zero-order valence-corrected chi connectivity index (χ0v) is 14.6. The van der Waals surface area contributed by atoms with Crippen molar-refractivity contribution in [2.24, 2.45) is 0 Å². The van der Waals surface area contributed by atoms with E-state index in [0.29, 0.717) is 35.3 Å². The average Bonchev–Trinajstić information content (AvgIpc) is 3.09. The number of hydrogen-bond acceptors (Lipinski definition) is 5. The monoisotopic (exact) mass is 357 g/mol. The van der Waals surface area contributed by atoms with Crippen LogP contribution in [0.1, 0.15) is 30.2 Å². The molecular weight excluding hydrogens is 337 g/mol. The highest BCUT2D eigenvalue weighted by Crippen LogP contribution is 2.23. The van der Waals surface area contributed by atoms with Gasteiger partial charge in [0.2, 0.25) is 0 Å². The van der Waals surface area contributed by atoms with Crippen molar-refractivity contribution in [2.75, 3.05) is 7.11 Å². The highest BCUT2D eigenvalue weighted by molar-refractivity contribution is 5.31. The number of halogens is 1. The lowest BCUT2D eigenvalue weighted by molar-refractivity contribution is 0.202. The summed E-state index contributed by atoms with van der Waals surface area (Å²) in [6, 6.07) is 13.0. The van der Waals surface area contributed by atoms with Gasteiger partial charge in [0.05, 0.1) is 7.11 Å². The van der Waals surface area contributed by atoms with Gasteiger partial charge in [0, 0.05) is 12.6 Å². The molecular formula is C19H20FN3O3. The highest BCUT2D eigenvalue weighted by atomic mass is 19.1. The molecule has 0 aliphatic carbocycles. The predicted octanol–water partition coefficient (Wildman–Crippen LogP) is 3.11. The van der Waals surface area contributed by atoms with Crippen LogP contribution in [-0.2, 0) is 13.2 Å². The van der Waals surface area contributed by atoms with E-state index < -0.39 is 6.10 Å². The van der Waals surface area contributed by atoms with Crippen LogP contribution >= 0.6 is 0 Å². The van der Waals surface area contributed by atoms with Gasteiger partial charge >= 0.3 is 0 Å². The molecule has 1 aromatic heterocycles. The molecule has 0 saturated heterocycles. The maximum atomic E-state index is 13.2. The van der Waals surface area contributed by atoms with Gasteiger partial charge in [-0.25, -0.2) is 14.1 Å².